The highest BCUT2D eigenvalue weighted by molar-refractivity contribution is 5.72. The van der Waals surface area contributed by atoms with E-state index in [9.17, 15) is 9.90 Å². The van der Waals surface area contributed by atoms with Gasteiger partial charge in [0, 0.05) is 25.0 Å². The lowest BCUT2D eigenvalue weighted by Gasteiger charge is -2.39. The van der Waals surface area contributed by atoms with E-state index in [1.54, 1.807) is 4.90 Å². The molecule has 3 unspecified atom stereocenters. The van der Waals surface area contributed by atoms with Crippen LogP contribution in [0.2, 0.25) is 0 Å². The number of urea groups is 1. The monoisotopic (exact) mass is 257 g/mol. The molecule has 0 aromatic rings. The van der Waals surface area contributed by atoms with E-state index in [4.69, 9.17) is 5.73 Å². The summed E-state index contributed by atoms with van der Waals surface area (Å²) in [6, 6.07) is -0.154. The van der Waals surface area contributed by atoms with Crippen molar-refractivity contribution in [3.05, 3.63) is 0 Å². The number of rotatable bonds is 5. The first-order valence-electron chi connectivity index (χ1n) is 6.89. The van der Waals surface area contributed by atoms with Crippen molar-refractivity contribution in [2.75, 3.05) is 19.6 Å². The molecule has 0 spiro atoms. The van der Waals surface area contributed by atoms with Gasteiger partial charge in [-0.3, -0.25) is 0 Å². The topological polar surface area (TPSA) is 78.6 Å². The van der Waals surface area contributed by atoms with Crippen molar-refractivity contribution in [2.24, 2.45) is 17.6 Å². The van der Waals surface area contributed by atoms with Crippen LogP contribution in [0.4, 0.5) is 4.79 Å². The summed E-state index contributed by atoms with van der Waals surface area (Å²) in [5.74, 6) is 0.699. The second-order valence-corrected chi connectivity index (χ2v) is 5.71. The quantitative estimate of drug-likeness (QED) is 0.681. The van der Waals surface area contributed by atoms with Crippen LogP contribution in [0.1, 0.15) is 33.6 Å². The summed E-state index contributed by atoms with van der Waals surface area (Å²) < 4.78 is 0. The zero-order valence-electron chi connectivity index (χ0n) is 11.7. The van der Waals surface area contributed by atoms with Gasteiger partial charge in [-0.2, -0.15) is 0 Å². The molecule has 0 aromatic heterocycles. The smallest absolute Gasteiger partial charge is 0.314 e. The summed E-state index contributed by atoms with van der Waals surface area (Å²) in [4.78, 5) is 13.0. The predicted octanol–water partition coefficient (Wildman–Crippen LogP) is 0.772. The van der Waals surface area contributed by atoms with Crippen molar-refractivity contribution in [3.8, 4) is 0 Å². The standard InChI is InChI=1S/C13H27N3O2/c1-4-12(17)10-5-11(15-6-9(2)3)8-16(7-10)13(14)18/h9-12,15,17H,4-8H2,1-3H3,(H2,14,18). The first kappa shape index (κ1) is 15.2. The minimum Gasteiger partial charge on any atom is -0.393 e. The van der Waals surface area contributed by atoms with Crippen molar-refractivity contribution >= 4 is 6.03 Å². The molecule has 5 heteroatoms. The van der Waals surface area contributed by atoms with Crippen molar-refractivity contribution < 1.29 is 9.90 Å². The molecule has 5 nitrogen and oxygen atoms in total. The number of nitrogens with two attached hydrogens (primary N) is 1. The number of nitrogens with zero attached hydrogens (tertiary/aromatic N) is 1. The lowest BCUT2D eigenvalue weighted by Crippen LogP contribution is -2.55. The SMILES string of the molecule is CCC(O)C1CC(NCC(C)C)CN(C(N)=O)C1. The Morgan fingerprint density at radius 3 is 2.67 bits per heavy atom. The number of primary amides is 1. The first-order chi connectivity index (χ1) is 8.43. The molecule has 3 atom stereocenters. The van der Waals surface area contributed by atoms with E-state index in [1.807, 2.05) is 6.92 Å². The number of nitrogens with one attached hydrogen (secondary N) is 1. The van der Waals surface area contributed by atoms with Gasteiger partial charge in [0.2, 0.25) is 0 Å². The lowest BCUT2D eigenvalue weighted by molar-refractivity contribution is 0.0483. The molecule has 18 heavy (non-hydrogen) atoms. The largest absolute Gasteiger partial charge is 0.393 e. The fourth-order valence-electron chi connectivity index (χ4n) is 2.48. The second-order valence-electron chi connectivity index (χ2n) is 5.71. The number of piperidine rings is 1. The number of likely N-dealkylation sites (tertiary alicyclic amines) is 1. The lowest BCUT2D eigenvalue weighted by atomic mass is 9.88. The zero-order valence-corrected chi connectivity index (χ0v) is 11.7. The number of carbonyl (C=O) groups is 1. The second kappa shape index (κ2) is 6.95. The number of carbonyl (C=O) groups excluding carboxylic acids is 1. The highest BCUT2D eigenvalue weighted by atomic mass is 16.3. The molecule has 0 bridgehead atoms. The van der Waals surface area contributed by atoms with Crippen LogP contribution in [0, 0.1) is 11.8 Å². The van der Waals surface area contributed by atoms with Gasteiger partial charge in [-0.1, -0.05) is 20.8 Å². The number of aliphatic hydroxyl groups is 1. The molecule has 1 saturated heterocycles. The Morgan fingerprint density at radius 1 is 1.50 bits per heavy atom. The normalized spacial score (nSPS) is 26.4. The Kier molecular flexibility index (Phi) is 5.88. The van der Waals surface area contributed by atoms with Crippen LogP contribution < -0.4 is 11.1 Å². The molecule has 2 amide bonds. The molecular weight excluding hydrogens is 230 g/mol. The summed E-state index contributed by atoms with van der Waals surface area (Å²) >= 11 is 0. The third-order valence-corrected chi connectivity index (χ3v) is 3.57. The fourth-order valence-corrected chi connectivity index (χ4v) is 2.48. The molecule has 1 fully saturated rings. The third-order valence-electron chi connectivity index (χ3n) is 3.57. The van der Waals surface area contributed by atoms with E-state index >= 15 is 0 Å². The third kappa shape index (κ3) is 4.46. The average molecular weight is 257 g/mol. The summed E-state index contributed by atoms with van der Waals surface area (Å²) in [5.41, 5.74) is 5.37. The Morgan fingerprint density at radius 2 is 2.17 bits per heavy atom. The Hall–Kier alpha value is -0.810. The van der Waals surface area contributed by atoms with Gasteiger partial charge in [0.15, 0.2) is 0 Å². The number of aliphatic hydroxyl groups excluding tert-OH is 1. The molecule has 106 valence electrons. The highest BCUT2D eigenvalue weighted by Gasteiger charge is 2.32. The Bertz CT molecular complexity index is 271. The maximum Gasteiger partial charge on any atom is 0.314 e. The summed E-state index contributed by atoms with van der Waals surface area (Å²) in [7, 11) is 0. The van der Waals surface area contributed by atoms with Gasteiger partial charge in [0.25, 0.3) is 0 Å². The van der Waals surface area contributed by atoms with Gasteiger partial charge in [-0.25, -0.2) is 4.79 Å². The Labute approximate surface area is 110 Å². The van der Waals surface area contributed by atoms with Crippen molar-refractivity contribution in [1.82, 2.24) is 10.2 Å². The van der Waals surface area contributed by atoms with Crippen LogP contribution in [0.5, 0.6) is 0 Å². The van der Waals surface area contributed by atoms with E-state index in [-0.39, 0.29) is 24.1 Å². The van der Waals surface area contributed by atoms with Gasteiger partial charge in [-0.15, -0.1) is 0 Å². The Balaban J connectivity index is 2.59. The van der Waals surface area contributed by atoms with E-state index in [2.05, 4.69) is 19.2 Å². The van der Waals surface area contributed by atoms with Crippen molar-refractivity contribution in [3.63, 3.8) is 0 Å². The van der Waals surface area contributed by atoms with Crippen LogP contribution in [0.15, 0.2) is 0 Å². The van der Waals surface area contributed by atoms with E-state index in [0.29, 0.717) is 25.4 Å². The molecule has 0 aromatic carbocycles. The van der Waals surface area contributed by atoms with Crippen LogP contribution in [-0.2, 0) is 0 Å². The summed E-state index contributed by atoms with van der Waals surface area (Å²) in [6.07, 6.45) is 1.27. The first-order valence-corrected chi connectivity index (χ1v) is 6.89. The van der Waals surface area contributed by atoms with Crippen LogP contribution in [0.25, 0.3) is 0 Å². The maximum atomic E-state index is 11.3. The molecule has 0 saturated carbocycles. The molecule has 1 aliphatic rings. The maximum absolute atomic E-state index is 11.3. The van der Waals surface area contributed by atoms with E-state index in [0.717, 1.165) is 13.0 Å². The van der Waals surface area contributed by atoms with Gasteiger partial charge in [-0.05, 0) is 25.3 Å². The van der Waals surface area contributed by atoms with Crippen LogP contribution in [-0.4, -0.2) is 47.8 Å². The molecule has 1 aliphatic heterocycles. The summed E-state index contributed by atoms with van der Waals surface area (Å²) in [5, 5.41) is 13.4. The highest BCUT2D eigenvalue weighted by Crippen LogP contribution is 2.22. The van der Waals surface area contributed by atoms with Crippen molar-refractivity contribution in [1.29, 1.82) is 0 Å². The number of hydrogen-bond acceptors (Lipinski definition) is 3. The summed E-state index contributed by atoms with van der Waals surface area (Å²) in [6.45, 7) is 8.41. The van der Waals surface area contributed by atoms with Crippen LogP contribution in [0.3, 0.4) is 0 Å². The molecule has 1 heterocycles. The molecule has 1 rings (SSSR count). The van der Waals surface area contributed by atoms with Gasteiger partial charge in [0.05, 0.1) is 6.10 Å². The fraction of sp³-hybridized carbons (Fsp3) is 0.923. The van der Waals surface area contributed by atoms with Gasteiger partial charge >= 0.3 is 6.03 Å². The average Bonchev–Trinajstić information content (AvgIpc) is 2.34. The minimum absolute atomic E-state index is 0.126. The zero-order chi connectivity index (χ0) is 13.7. The van der Waals surface area contributed by atoms with E-state index < -0.39 is 0 Å². The molecule has 0 aliphatic carbocycles. The molecular formula is C13H27N3O2. The minimum atomic E-state index is -0.389. The van der Waals surface area contributed by atoms with Gasteiger partial charge in [0.1, 0.15) is 0 Å². The molecule has 0 radical (unpaired) electrons. The predicted molar refractivity (Wildman–Crippen MR) is 72.2 cm³/mol. The number of amides is 2. The van der Waals surface area contributed by atoms with E-state index in [1.165, 1.54) is 0 Å². The number of hydrogen-bond donors (Lipinski definition) is 3. The van der Waals surface area contributed by atoms with Crippen molar-refractivity contribution in [2.45, 2.75) is 45.8 Å². The van der Waals surface area contributed by atoms with Crippen LogP contribution >= 0.6 is 0 Å². The van der Waals surface area contributed by atoms with Gasteiger partial charge < -0.3 is 21.1 Å². The molecule has 4 N–H and O–H groups in total.